The lowest BCUT2D eigenvalue weighted by atomic mass is 10.2. The van der Waals surface area contributed by atoms with E-state index in [4.69, 9.17) is 4.74 Å². The van der Waals surface area contributed by atoms with Crippen LogP contribution in [-0.4, -0.2) is 49.7 Å². The number of thiophene rings is 1. The van der Waals surface area contributed by atoms with E-state index < -0.39 is 0 Å². The van der Waals surface area contributed by atoms with Crippen LogP contribution in [0.5, 0.6) is 0 Å². The third kappa shape index (κ3) is 4.17. The van der Waals surface area contributed by atoms with E-state index >= 15 is 0 Å². The number of hydrogen-bond donors (Lipinski definition) is 1. The van der Waals surface area contributed by atoms with E-state index in [2.05, 4.69) is 33.5 Å². The Morgan fingerprint density at radius 3 is 2.77 bits per heavy atom. The van der Waals surface area contributed by atoms with Crippen molar-refractivity contribution in [1.29, 1.82) is 0 Å². The van der Waals surface area contributed by atoms with E-state index in [9.17, 15) is 4.79 Å². The second-order valence-electron chi connectivity index (χ2n) is 5.99. The topological polar surface area (TPSA) is 67.3 Å². The van der Waals surface area contributed by atoms with Gasteiger partial charge in [0.05, 0.1) is 18.5 Å². The van der Waals surface area contributed by atoms with E-state index in [0.29, 0.717) is 19.0 Å². The minimum Gasteiger partial charge on any atom is -0.383 e. The number of methoxy groups -OCH3 is 1. The summed E-state index contributed by atoms with van der Waals surface area (Å²) in [7, 11) is 3.48. The molecule has 0 fully saturated rings. The number of nitrogens with zero attached hydrogens (tertiary/aromatic N) is 3. The Morgan fingerprint density at radius 1 is 1.27 bits per heavy atom. The van der Waals surface area contributed by atoms with Gasteiger partial charge in [-0.25, -0.2) is 9.97 Å². The zero-order valence-electron chi connectivity index (χ0n) is 15.2. The third-order valence-corrected chi connectivity index (χ3v) is 4.99. The molecular formula is C19H22N4O2S. The highest BCUT2D eigenvalue weighted by Crippen LogP contribution is 2.36. The highest BCUT2D eigenvalue weighted by molar-refractivity contribution is 7.21. The molecule has 26 heavy (non-hydrogen) atoms. The number of aryl methyl sites for hydroxylation is 1. The molecule has 6 nitrogen and oxygen atoms in total. The van der Waals surface area contributed by atoms with Crippen LogP contribution >= 0.6 is 11.3 Å². The molecule has 0 atom stereocenters. The molecule has 0 unspecified atom stereocenters. The number of carbonyl (C=O) groups is 1. The van der Waals surface area contributed by atoms with Gasteiger partial charge in [-0.15, -0.1) is 11.3 Å². The summed E-state index contributed by atoms with van der Waals surface area (Å²) < 4.78 is 4.95. The zero-order valence-corrected chi connectivity index (χ0v) is 16.0. The molecular weight excluding hydrogens is 348 g/mol. The van der Waals surface area contributed by atoms with Crippen LogP contribution in [0.3, 0.4) is 0 Å². The average Bonchev–Trinajstić information content (AvgIpc) is 3.05. The van der Waals surface area contributed by atoms with Crippen LogP contribution in [0.2, 0.25) is 0 Å². The third-order valence-electron chi connectivity index (χ3n) is 3.91. The molecule has 1 N–H and O–H groups in total. The standard InChI is InChI=1S/C19H22N4O2S/c1-13-21-18(23(2)12-17(24)20-9-10-25-3)15-11-16(26-19(15)22-13)14-7-5-4-6-8-14/h4-8,11H,9-10,12H2,1-3H3,(H,20,24). The van der Waals surface area contributed by atoms with Gasteiger partial charge in [-0.2, -0.15) is 0 Å². The number of hydrogen-bond acceptors (Lipinski definition) is 6. The minimum atomic E-state index is -0.0625. The van der Waals surface area contributed by atoms with Gasteiger partial charge in [-0.1, -0.05) is 30.3 Å². The summed E-state index contributed by atoms with van der Waals surface area (Å²) in [6, 6.07) is 12.3. The summed E-state index contributed by atoms with van der Waals surface area (Å²) in [6.45, 7) is 3.10. The monoisotopic (exact) mass is 370 g/mol. The zero-order chi connectivity index (χ0) is 18.5. The number of likely N-dealkylation sites (N-methyl/N-ethyl adjacent to an activating group) is 1. The Balaban J connectivity index is 1.87. The lowest BCUT2D eigenvalue weighted by Crippen LogP contribution is -2.37. The summed E-state index contributed by atoms with van der Waals surface area (Å²) in [5, 5.41) is 3.80. The Morgan fingerprint density at radius 2 is 2.04 bits per heavy atom. The molecule has 0 spiro atoms. The van der Waals surface area contributed by atoms with Gasteiger partial charge in [0.25, 0.3) is 0 Å². The van der Waals surface area contributed by atoms with Crippen molar-refractivity contribution in [3.05, 3.63) is 42.2 Å². The van der Waals surface area contributed by atoms with E-state index in [-0.39, 0.29) is 12.5 Å². The lowest BCUT2D eigenvalue weighted by Gasteiger charge is -2.18. The predicted molar refractivity (Wildman–Crippen MR) is 106 cm³/mol. The largest absolute Gasteiger partial charge is 0.383 e. The van der Waals surface area contributed by atoms with Crippen LogP contribution in [0, 0.1) is 6.92 Å². The summed E-state index contributed by atoms with van der Waals surface area (Å²) in [4.78, 5) is 25.2. The maximum atomic E-state index is 12.1. The van der Waals surface area contributed by atoms with Crippen LogP contribution < -0.4 is 10.2 Å². The number of rotatable bonds is 7. The van der Waals surface area contributed by atoms with Crippen molar-refractivity contribution in [2.75, 3.05) is 38.8 Å². The van der Waals surface area contributed by atoms with Crippen molar-refractivity contribution in [2.45, 2.75) is 6.92 Å². The Labute approximate surface area is 156 Å². The van der Waals surface area contributed by atoms with Gasteiger partial charge in [0.1, 0.15) is 16.5 Å². The number of fused-ring (bicyclic) bond motifs is 1. The van der Waals surface area contributed by atoms with E-state index in [1.807, 2.05) is 37.1 Å². The smallest absolute Gasteiger partial charge is 0.239 e. The van der Waals surface area contributed by atoms with E-state index in [1.54, 1.807) is 18.4 Å². The fourth-order valence-electron chi connectivity index (χ4n) is 2.68. The molecule has 0 aliphatic rings. The number of nitrogens with one attached hydrogen (secondary N) is 1. The van der Waals surface area contributed by atoms with Gasteiger partial charge in [-0.05, 0) is 18.6 Å². The van der Waals surface area contributed by atoms with Gasteiger partial charge < -0.3 is 15.0 Å². The van der Waals surface area contributed by atoms with E-state index in [0.717, 1.165) is 26.5 Å². The van der Waals surface area contributed by atoms with Crippen molar-refractivity contribution >= 4 is 33.3 Å². The van der Waals surface area contributed by atoms with Crippen LogP contribution in [0.1, 0.15) is 5.82 Å². The molecule has 2 aromatic heterocycles. The van der Waals surface area contributed by atoms with Crippen molar-refractivity contribution in [3.8, 4) is 10.4 Å². The molecule has 0 saturated heterocycles. The molecule has 1 amide bonds. The highest BCUT2D eigenvalue weighted by atomic mass is 32.1. The van der Waals surface area contributed by atoms with Gasteiger partial charge in [0, 0.05) is 25.6 Å². The number of aromatic nitrogens is 2. The van der Waals surface area contributed by atoms with Crippen molar-refractivity contribution in [3.63, 3.8) is 0 Å². The first-order valence-electron chi connectivity index (χ1n) is 8.39. The molecule has 3 rings (SSSR count). The maximum absolute atomic E-state index is 12.1. The quantitative estimate of drug-likeness (QED) is 0.648. The second kappa shape index (κ2) is 8.25. The molecule has 0 bridgehead atoms. The lowest BCUT2D eigenvalue weighted by molar-refractivity contribution is -0.119. The predicted octanol–water partition coefficient (Wildman–Crippen LogP) is 2.87. The number of benzene rings is 1. The minimum absolute atomic E-state index is 0.0625. The Bertz CT molecular complexity index is 895. The van der Waals surface area contributed by atoms with Crippen LogP contribution in [0.4, 0.5) is 5.82 Å². The number of carbonyl (C=O) groups excluding carboxylic acids is 1. The van der Waals surface area contributed by atoms with Crippen LogP contribution in [0.25, 0.3) is 20.7 Å². The molecule has 1 aromatic carbocycles. The first-order chi connectivity index (χ1) is 12.6. The fraction of sp³-hybridized carbons (Fsp3) is 0.316. The van der Waals surface area contributed by atoms with Crippen molar-refractivity contribution < 1.29 is 9.53 Å². The number of ether oxygens (including phenoxy) is 1. The average molecular weight is 370 g/mol. The molecule has 2 heterocycles. The maximum Gasteiger partial charge on any atom is 0.239 e. The van der Waals surface area contributed by atoms with Gasteiger partial charge in [0.2, 0.25) is 5.91 Å². The molecule has 0 saturated carbocycles. The molecule has 0 aliphatic heterocycles. The fourth-order valence-corrected chi connectivity index (χ4v) is 3.76. The van der Waals surface area contributed by atoms with Crippen LogP contribution in [0.15, 0.2) is 36.4 Å². The molecule has 7 heteroatoms. The first-order valence-corrected chi connectivity index (χ1v) is 9.20. The molecule has 3 aromatic rings. The first kappa shape index (κ1) is 18.3. The Hall–Kier alpha value is -2.51. The summed E-state index contributed by atoms with van der Waals surface area (Å²) in [5.74, 6) is 1.40. The van der Waals surface area contributed by atoms with E-state index in [1.165, 1.54) is 0 Å². The summed E-state index contributed by atoms with van der Waals surface area (Å²) in [5.41, 5.74) is 1.15. The summed E-state index contributed by atoms with van der Waals surface area (Å²) >= 11 is 1.64. The molecule has 0 aliphatic carbocycles. The van der Waals surface area contributed by atoms with Crippen molar-refractivity contribution in [1.82, 2.24) is 15.3 Å². The summed E-state index contributed by atoms with van der Waals surface area (Å²) in [6.07, 6.45) is 0. The molecule has 136 valence electrons. The van der Waals surface area contributed by atoms with Gasteiger partial charge in [-0.3, -0.25) is 4.79 Å². The Kier molecular flexibility index (Phi) is 5.80. The second-order valence-corrected chi connectivity index (χ2v) is 7.02. The normalized spacial score (nSPS) is 10.9. The number of amides is 1. The molecule has 0 radical (unpaired) electrons. The number of anilines is 1. The van der Waals surface area contributed by atoms with Crippen molar-refractivity contribution in [2.24, 2.45) is 0 Å². The SMILES string of the molecule is COCCNC(=O)CN(C)c1nc(C)nc2sc(-c3ccccc3)cc12. The highest BCUT2D eigenvalue weighted by Gasteiger charge is 2.16. The van der Waals surface area contributed by atoms with Gasteiger partial charge >= 0.3 is 0 Å². The van der Waals surface area contributed by atoms with Gasteiger partial charge in [0.15, 0.2) is 0 Å². The van der Waals surface area contributed by atoms with Crippen LogP contribution in [-0.2, 0) is 9.53 Å².